The molecule has 12 rings (SSSR count). The van der Waals surface area contributed by atoms with E-state index in [4.69, 9.17) is 21.3 Å². The molecule has 0 spiro atoms. The fourth-order valence-corrected chi connectivity index (χ4v) is 15.0. The molecule has 7 aromatic rings. The molecular weight excluding hydrogens is 1390 g/mol. The summed E-state index contributed by atoms with van der Waals surface area (Å²) < 4.78 is 14.1. The average molecular weight is 1470 g/mol. The first-order valence-corrected chi connectivity index (χ1v) is 35.0. The van der Waals surface area contributed by atoms with Crippen LogP contribution in [0.15, 0.2) is 72.6 Å². The number of amides is 11. The summed E-state index contributed by atoms with van der Waals surface area (Å²) in [7, 11) is 9.34. The van der Waals surface area contributed by atoms with E-state index in [1.54, 1.807) is 56.5 Å². The number of hydrogen-bond acceptors (Lipinski definition) is 20. The van der Waals surface area contributed by atoms with Gasteiger partial charge in [-0.25, -0.2) is 34.9 Å². The topological polar surface area (TPSA) is 440 Å². The molecule has 5 fully saturated rings. The van der Waals surface area contributed by atoms with E-state index in [0.717, 1.165) is 24.2 Å². The number of aryl methyl sites for hydroxylation is 6. The lowest BCUT2D eigenvalue weighted by Crippen LogP contribution is -2.50. The molecule has 4 aliphatic carbocycles. The van der Waals surface area contributed by atoms with Crippen molar-refractivity contribution in [3.05, 3.63) is 108 Å². The van der Waals surface area contributed by atoms with Gasteiger partial charge in [0.15, 0.2) is 40.1 Å². The zero-order valence-electron chi connectivity index (χ0n) is 58.0. The summed E-state index contributed by atoms with van der Waals surface area (Å²) in [4.78, 5) is 176. The number of halogens is 1. The maximum atomic E-state index is 13.8. The number of thioether (sulfide) groups is 1. The molecule has 550 valence electrons. The van der Waals surface area contributed by atoms with Gasteiger partial charge in [-0.1, -0.05) is 23.4 Å². The number of carbonyl (C=O) groups is 11. The van der Waals surface area contributed by atoms with E-state index in [-0.39, 0.29) is 159 Å². The number of carbonyl (C=O) groups excluding carboxylic acids is 11. The average Bonchev–Trinajstić information content (AvgIpc) is 0.956. The fraction of sp³-hybridized carbons (Fsp3) is 0.455. The van der Waals surface area contributed by atoms with Crippen LogP contribution in [0.2, 0.25) is 5.02 Å². The number of nitrogens with zero attached hydrogens (tertiary/aromatic N) is 14. The highest BCUT2D eigenvalue weighted by atomic mass is 35.5. The molecule has 7 heterocycles. The van der Waals surface area contributed by atoms with Gasteiger partial charge in [-0.2, -0.15) is 0 Å². The molecular formula is C66H81ClN24O12S. The molecule has 1 atom stereocenters. The standard InChI is InChI=1S/C66H81ClN24O12S/c1-85-22-18-69-52(85)62(100)82-45-34-86(2)54(79-45)60(98)71-16-12-49(93)75-43-33-90(6)57(78-43)64(102)84-47-36-88(4)55(81-47)61(99)72-17-13-50(94)76-44-32-89(5)56(77-44)63(101)83-46-35-87(3)53(80-46)59(97)70-15-11-48(92)68-19-23-103-24-20-73-58(96)42-28-51(95)91(65(104-42)74-41-9-7-40(67)8-10-41)21-14-66-29-37-25-38(30-66)27-39(26-37)31-66/h7-10,18,22,32-39,42H,11-17,19-21,23-31H2,1-6H3,(H,68,92)(H,70,97)(H,71,98)(H,72,99)(H,73,96)(H,75,93)(H,76,94)(H,82,100)(H,83,101)(H,84,102). The molecule has 36 nitrogen and oxygen atoms in total. The first-order valence-electron chi connectivity index (χ1n) is 33.8. The molecule has 1 saturated heterocycles. The molecule has 1 unspecified atom stereocenters. The number of aromatic nitrogens is 12. The predicted molar refractivity (Wildman–Crippen MR) is 380 cm³/mol. The van der Waals surface area contributed by atoms with Crippen LogP contribution in [-0.4, -0.2) is 190 Å². The molecule has 1 aliphatic heterocycles. The second-order valence-electron chi connectivity index (χ2n) is 26.3. The van der Waals surface area contributed by atoms with Crippen LogP contribution in [0.25, 0.3) is 0 Å². The van der Waals surface area contributed by atoms with Gasteiger partial charge >= 0.3 is 0 Å². The van der Waals surface area contributed by atoms with Gasteiger partial charge in [0.25, 0.3) is 35.4 Å². The number of benzene rings is 1. The Morgan fingerprint density at radius 2 is 0.913 bits per heavy atom. The third-order valence-electron chi connectivity index (χ3n) is 18.2. The largest absolute Gasteiger partial charge is 0.378 e. The smallest absolute Gasteiger partial charge is 0.292 e. The van der Waals surface area contributed by atoms with Crippen molar-refractivity contribution in [3.8, 4) is 0 Å². The van der Waals surface area contributed by atoms with Gasteiger partial charge in [0.2, 0.25) is 58.7 Å². The quantitative estimate of drug-likeness (QED) is 0.0279. The Kier molecular flexibility index (Phi) is 23.5. The van der Waals surface area contributed by atoms with Crippen molar-refractivity contribution in [3.63, 3.8) is 0 Å². The minimum Gasteiger partial charge on any atom is -0.378 e. The van der Waals surface area contributed by atoms with Gasteiger partial charge in [-0.3, -0.25) is 57.6 Å². The van der Waals surface area contributed by atoms with Crippen molar-refractivity contribution < 1.29 is 57.5 Å². The highest BCUT2D eigenvalue weighted by Gasteiger charge is 2.51. The number of amidine groups is 1. The van der Waals surface area contributed by atoms with Crippen molar-refractivity contribution in [1.82, 2.24) is 88.8 Å². The van der Waals surface area contributed by atoms with Gasteiger partial charge in [-0.05, 0) is 92.4 Å². The minimum absolute atomic E-state index is 0.00621. The van der Waals surface area contributed by atoms with Crippen LogP contribution >= 0.6 is 23.4 Å². The third-order valence-corrected chi connectivity index (χ3v) is 19.7. The number of hydrogen-bond donors (Lipinski definition) is 10. The number of imidazole rings is 6. The van der Waals surface area contributed by atoms with Gasteiger partial charge in [0.1, 0.15) is 0 Å². The lowest BCUT2D eigenvalue weighted by molar-refractivity contribution is -0.131. The second kappa shape index (κ2) is 32.9. The highest BCUT2D eigenvalue weighted by molar-refractivity contribution is 8.15. The van der Waals surface area contributed by atoms with E-state index in [1.807, 2.05) is 0 Å². The van der Waals surface area contributed by atoms with Crippen LogP contribution in [0.3, 0.4) is 0 Å². The highest BCUT2D eigenvalue weighted by Crippen LogP contribution is 2.61. The Labute approximate surface area is 604 Å². The lowest BCUT2D eigenvalue weighted by Gasteiger charge is -2.57. The third kappa shape index (κ3) is 18.8. The molecule has 1 aromatic carbocycles. The first kappa shape index (κ1) is 74.1. The second-order valence-corrected chi connectivity index (χ2v) is 27.9. The van der Waals surface area contributed by atoms with E-state index in [1.165, 1.54) is 136 Å². The summed E-state index contributed by atoms with van der Waals surface area (Å²) in [6.07, 6.45) is 18.4. The Bertz CT molecular complexity index is 4430. The maximum absolute atomic E-state index is 13.8. The van der Waals surface area contributed by atoms with Crippen LogP contribution in [0, 0.1) is 23.2 Å². The molecule has 38 heteroatoms. The van der Waals surface area contributed by atoms with E-state index in [0.29, 0.717) is 22.4 Å². The van der Waals surface area contributed by atoms with Crippen molar-refractivity contribution >= 4 is 128 Å². The zero-order chi connectivity index (χ0) is 73.9. The Morgan fingerprint density at radius 1 is 0.510 bits per heavy atom. The maximum Gasteiger partial charge on any atom is 0.292 e. The zero-order valence-corrected chi connectivity index (χ0v) is 59.6. The van der Waals surface area contributed by atoms with Crippen molar-refractivity contribution in [2.24, 2.45) is 70.4 Å². The van der Waals surface area contributed by atoms with Gasteiger partial charge in [-0.15, -0.1) is 0 Å². The van der Waals surface area contributed by atoms with Gasteiger partial charge in [0.05, 0.1) is 24.2 Å². The Hall–Kier alpha value is -11.1. The number of ether oxygens (including phenoxy) is 1. The summed E-state index contributed by atoms with van der Waals surface area (Å²) in [5, 5.41) is 26.8. The molecule has 4 saturated carbocycles. The summed E-state index contributed by atoms with van der Waals surface area (Å²) in [6, 6.07) is 7.08. The van der Waals surface area contributed by atoms with Crippen LogP contribution in [0.4, 0.5) is 34.8 Å². The number of nitrogens with one attached hydrogen (secondary N) is 10. The molecule has 0 radical (unpaired) electrons. The monoisotopic (exact) mass is 1470 g/mol. The molecule has 10 N–H and O–H groups in total. The lowest BCUT2D eigenvalue weighted by atomic mass is 9.49. The van der Waals surface area contributed by atoms with E-state index >= 15 is 0 Å². The van der Waals surface area contributed by atoms with Crippen molar-refractivity contribution in [2.75, 3.05) is 79.1 Å². The number of anilines is 5. The summed E-state index contributed by atoms with van der Waals surface area (Å²) in [6.45, 7) is 0.991. The van der Waals surface area contributed by atoms with Crippen molar-refractivity contribution in [2.45, 2.75) is 75.9 Å². The normalized spacial score (nSPS) is 18.4. The van der Waals surface area contributed by atoms with E-state index in [9.17, 15) is 52.7 Å². The van der Waals surface area contributed by atoms with E-state index < -0.39 is 52.5 Å². The first-order chi connectivity index (χ1) is 49.8. The van der Waals surface area contributed by atoms with Crippen LogP contribution in [-0.2, 0) is 71.0 Å². The van der Waals surface area contributed by atoms with E-state index in [2.05, 4.69) is 83.1 Å². The predicted octanol–water partition coefficient (Wildman–Crippen LogP) is 3.01. The Balaban J connectivity index is 0.539. The fourth-order valence-electron chi connectivity index (χ4n) is 13.8. The molecule has 11 amide bonds. The van der Waals surface area contributed by atoms with Crippen LogP contribution in [0.1, 0.15) is 134 Å². The molecule has 6 aromatic heterocycles. The minimum atomic E-state index is -0.721. The summed E-state index contributed by atoms with van der Waals surface area (Å²) in [5.41, 5.74) is 0.922. The number of aliphatic imine (C=N–C) groups is 1. The molecule has 4 bridgehead atoms. The van der Waals surface area contributed by atoms with Crippen LogP contribution in [0.5, 0.6) is 0 Å². The summed E-state index contributed by atoms with van der Waals surface area (Å²) in [5.74, 6) is -3.35. The SMILES string of the molecule is Cn1cc(NC(=O)c2nccn2C)nc1C(=O)NCCC(=O)Nc1cn(C)c(C(=O)Nc2cn(C)c(C(=O)NCCC(=O)Nc3cn(C)c(C(=O)Nc4cn(C)c(C(=O)NCCC(=O)NCCOCCNC(=O)C5CC(=O)N(CCC67CC8CC(CC(C8)C6)C7)C(=Nc6ccc(Cl)cc6)S5)n4)n3)n2)n1. The summed E-state index contributed by atoms with van der Waals surface area (Å²) >= 11 is 7.45. The van der Waals surface area contributed by atoms with Gasteiger partial charge in [0, 0.05) is 156 Å². The Morgan fingerprint density at radius 3 is 1.35 bits per heavy atom. The number of rotatable bonds is 31. The van der Waals surface area contributed by atoms with Gasteiger partial charge < -0.3 is 85.3 Å². The van der Waals surface area contributed by atoms with Crippen LogP contribution < -0.4 is 53.2 Å². The van der Waals surface area contributed by atoms with Crippen molar-refractivity contribution in [1.29, 1.82) is 0 Å². The molecule has 5 aliphatic rings. The molecule has 104 heavy (non-hydrogen) atoms.